The molecule has 2 unspecified atom stereocenters. The number of piperidine rings is 1. The van der Waals surface area contributed by atoms with Gasteiger partial charge in [0.25, 0.3) is 0 Å². The SMILES string of the molecule is CCc1ccc(C(C)NCCCN2CCCCC2C)s1. The summed E-state index contributed by atoms with van der Waals surface area (Å²) in [6, 6.07) is 5.85. The Labute approximate surface area is 128 Å². The van der Waals surface area contributed by atoms with Crippen molar-refractivity contribution in [1.82, 2.24) is 10.2 Å². The second-order valence-electron chi connectivity index (χ2n) is 6.07. The van der Waals surface area contributed by atoms with Gasteiger partial charge in [0.1, 0.15) is 0 Å². The minimum Gasteiger partial charge on any atom is -0.309 e. The monoisotopic (exact) mass is 294 g/mol. The summed E-state index contributed by atoms with van der Waals surface area (Å²) in [7, 11) is 0. The molecule has 1 aliphatic heterocycles. The highest BCUT2D eigenvalue weighted by atomic mass is 32.1. The molecular formula is C17H30N2S. The second-order valence-corrected chi connectivity index (χ2v) is 7.27. The third kappa shape index (κ3) is 4.57. The molecular weight excluding hydrogens is 264 g/mol. The van der Waals surface area contributed by atoms with Gasteiger partial charge in [-0.1, -0.05) is 13.3 Å². The Balaban J connectivity index is 1.65. The maximum atomic E-state index is 3.67. The van der Waals surface area contributed by atoms with Gasteiger partial charge >= 0.3 is 0 Å². The molecule has 114 valence electrons. The summed E-state index contributed by atoms with van der Waals surface area (Å²) in [4.78, 5) is 5.64. The standard InChI is InChI=1S/C17H30N2S/c1-4-16-9-10-17(20-16)15(3)18-11-7-13-19-12-6-5-8-14(19)2/h9-10,14-15,18H,4-8,11-13H2,1-3H3. The van der Waals surface area contributed by atoms with Crippen molar-refractivity contribution in [2.75, 3.05) is 19.6 Å². The Morgan fingerprint density at radius 3 is 2.95 bits per heavy atom. The fourth-order valence-electron chi connectivity index (χ4n) is 3.01. The summed E-state index contributed by atoms with van der Waals surface area (Å²) < 4.78 is 0. The van der Waals surface area contributed by atoms with Gasteiger partial charge in [0.2, 0.25) is 0 Å². The highest BCUT2D eigenvalue weighted by Gasteiger charge is 2.17. The van der Waals surface area contributed by atoms with E-state index in [1.807, 2.05) is 11.3 Å². The Morgan fingerprint density at radius 2 is 2.25 bits per heavy atom. The van der Waals surface area contributed by atoms with Gasteiger partial charge in [-0.15, -0.1) is 11.3 Å². The molecule has 2 rings (SSSR count). The third-order valence-electron chi connectivity index (χ3n) is 4.47. The van der Waals surface area contributed by atoms with Crippen molar-refractivity contribution in [2.24, 2.45) is 0 Å². The van der Waals surface area contributed by atoms with Crippen molar-refractivity contribution in [3.63, 3.8) is 0 Å². The quantitative estimate of drug-likeness (QED) is 0.757. The Morgan fingerprint density at radius 1 is 1.40 bits per heavy atom. The van der Waals surface area contributed by atoms with Crippen LogP contribution in [0.15, 0.2) is 12.1 Å². The minimum absolute atomic E-state index is 0.499. The van der Waals surface area contributed by atoms with Gasteiger partial charge in [-0.25, -0.2) is 0 Å². The van der Waals surface area contributed by atoms with E-state index in [0.29, 0.717) is 6.04 Å². The molecule has 0 saturated carbocycles. The van der Waals surface area contributed by atoms with Crippen LogP contribution in [0.4, 0.5) is 0 Å². The van der Waals surface area contributed by atoms with Gasteiger partial charge in [-0.3, -0.25) is 0 Å². The van der Waals surface area contributed by atoms with E-state index in [1.165, 1.54) is 48.5 Å². The van der Waals surface area contributed by atoms with Crippen LogP contribution in [0.1, 0.15) is 62.3 Å². The molecule has 1 aliphatic rings. The molecule has 3 heteroatoms. The van der Waals surface area contributed by atoms with E-state index in [2.05, 4.69) is 43.1 Å². The van der Waals surface area contributed by atoms with Crippen molar-refractivity contribution in [3.05, 3.63) is 21.9 Å². The molecule has 0 bridgehead atoms. The zero-order chi connectivity index (χ0) is 14.4. The lowest BCUT2D eigenvalue weighted by Crippen LogP contribution is -2.39. The largest absolute Gasteiger partial charge is 0.309 e. The Hall–Kier alpha value is -0.380. The molecule has 0 aliphatic carbocycles. The first-order valence-electron chi connectivity index (χ1n) is 8.26. The van der Waals surface area contributed by atoms with Crippen LogP contribution in [0.25, 0.3) is 0 Å². The van der Waals surface area contributed by atoms with Crippen molar-refractivity contribution >= 4 is 11.3 Å². The first-order valence-corrected chi connectivity index (χ1v) is 9.08. The smallest absolute Gasteiger partial charge is 0.0386 e. The number of nitrogens with zero attached hydrogens (tertiary/aromatic N) is 1. The average molecular weight is 295 g/mol. The van der Waals surface area contributed by atoms with Crippen molar-refractivity contribution in [2.45, 2.75) is 65.0 Å². The number of hydrogen-bond donors (Lipinski definition) is 1. The van der Waals surface area contributed by atoms with Gasteiger partial charge in [0.15, 0.2) is 0 Å². The lowest BCUT2D eigenvalue weighted by Gasteiger charge is -2.33. The summed E-state index contributed by atoms with van der Waals surface area (Å²) in [6.45, 7) is 10.6. The molecule has 2 atom stereocenters. The minimum atomic E-state index is 0.499. The van der Waals surface area contributed by atoms with E-state index in [4.69, 9.17) is 0 Å². The van der Waals surface area contributed by atoms with Crippen LogP contribution in [0.2, 0.25) is 0 Å². The molecule has 1 N–H and O–H groups in total. The van der Waals surface area contributed by atoms with Crippen LogP contribution in [0.5, 0.6) is 0 Å². The molecule has 2 heterocycles. The van der Waals surface area contributed by atoms with Gasteiger partial charge < -0.3 is 10.2 Å². The third-order valence-corrected chi connectivity index (χ3v) is 5.88. The number of nitrogens with one attached hydrogen (secondary N) is 1. The maximum Gasteiger partial charge on any atom is 0.0386 e. The average Bonchev–Trinajstić information content (AvgIpc) is 2.94. The summed E-state index contributed by atoms with van der Waals surface area (Å²) in [5.74, 6) is 0. The van der Waals surface area contributed by atoms with Crippen LogP contribution in [-0.2, 0) is 6.42 Å². The predicted molar refractivity (Wildman–Crippen MR) is 89.6 cm³/mol. The molecule has 1 fully saturated rings. The van der Waals surface area contributed by atoms with E-state index in [9.17, 15) is 0 Å². The van der Waals surface area contributed by atoms with E-state index in [0.717, 1.165) is 19.0 Å². The molecule has 1 aromatic heterocycles. The van der Waals surface area contributed by atoms with Crippen LogP contribution in [-0.4, -0.2) is 30.6 Å². The maximum absolute atomic E-state index is 3.67. The van der Waals surface area contributed by atoms with Crippen LogP contribution < -0.4 is 5.32 Å². The summed E-state index contributed by atoms with van der Waals surface area (Å²) in [5.41, 5.74) is 0. The molecule has 1 aromatic rings. The van der Waals surface area contributed by atoms with Crippen molar-refractivity contribution in [3.8, 4) is 0 Å². The molecule has 0 amide bonds. The van der Waals surface area contributed by atoms with E-state index in [1.54, 1.807) is 0 Å². The number of likely N-dealkylation sites (tertiary alicyclic amines) is 1. The van der Waals surface area contributed by atoms with Crippen molar-refractivity contribution in [1.29, 1.82) is 0 Å². The van der Waals surface area contributed by atoms with Gasteiger partial charge in [0.05, 0.1) is 0 Å². The highest BCUT2D eigenvalue weighted by Crippen LogP contribution is 2.23. The number of thiophene rings is 1. The lowest BCUT2D eigenvalue weighted by molar-refractivity contribution is 0.158. The predicted octanol–water partition coefficient (Wildman–Crippen LogP) is 4.23. The lowest BCUT2D eigenvalue weighted by atomic mass is 10.0. The molecule has 0 spiro atoms. The summed E-state index contributed by atoms with van der Waals surface area (Å²) in [6.07, 6.45) is 6.62. The van der Waals surface area contributed by atoms with E-state index < -0.39 is 0 Å². The first-order chi connectivity index (χ1) is 9.70. The van der Waals surface area contributed by atoms with Crippen molar-refractivity contribution < 1.29 is 0 Å². The number of rotatable bonds is 7. The second kappa shape index (κ2) is 8.16. The molecule has 2 nitrogen and oxygen atoms in total. The van der Waals surface area contributed by atoms with Gasteiger partial charge in [-0.2, -0.15) is 0 Å². The fraction of sp³-hybridized carbons (Fsp3) is 0.765. The zero-order valence-electron chi connectivity index (χ0n) is 13.3. The van der Waals surface area contributed by atoms with Gasteiger partial charge in [-0.05, 0) is 71.3 Å². The summed E-state index contributed by atoms with van der Waals surface area (Å²) >= 11 is 1.95. The first kappa shape index (κ1) is 16.0. The highest BCUT2D eigenvalue weighted by molar-refractivity contribution is 7.12. The molecule has 0 radical (unpaired) electrons. The Bertz CT molecular complexity index is 388. The van der Waals surface area contributed by atoms with Crippen LogP contribution >= 0.6 is 11.3 Å². The van der Waals surface area contributed by atoms with E-state index in [-0.39, 0.29) is 0 Å². The number of aryl methyl sites for hydroxylation is 1. The van der Waals surface area contributed by atoms with Crippen LogP contribution in [0.3, 0.4) is 0 Å². The Kier molecular flexibility index (Phi) is 6.53. The number of hydrogen-bond acceptors (Lipinski definition) is 3. The van der Waals surface area contributed by atoms with Crippen LogP contribution in [0, 0.1) is 0 Å². The molecule has 20 heavy (non-hydrogen) atoms. The normalized spacial score (nSPS) is 22.1. The fourth-order valence-corrected chi connectivity index (χ4v) is 3.99. The topological polar surface area (TPSA) is 15.3 Å². The molecule has 0 aromatic carbocycles. The summed E-state index contributed by atoms with van der Waals surface area (Å²) in [5, 5.41) is 3.67. The van der Waals surface area contributed by atoms with Gasteiger partial charge in [0, 0.05) is 21.8 Å². The van der Waals surface area contributed by atoms with E-state index >= 15 is 0 Å². The zero-order valence-corrected chi connectivity index (χ0v) is 14.1. The molecule has 1 saturated heterocycles.